The lowest BCUT2D eigenvalue weighted by atomic mass is 9.86. The van der Waals surface area contributed by atoms with Crippen LogP contribution in [0.15, 0.2) is 9.52 Å². The van der Waals surface area contributed by atoms with Gasteiger partial charge in [0.25, 0.3) is 0 Å². The van der Waals surface area contributed by atoms with Gasteiger partial charge in [-0.05, 0) is 32.1 Å². The van der Waals surface area contributed by atoms with E-state index in [0.717, 1.165) is 37.8 Å². The van der Waals surface area contributed by atoms with Crippen LogP contribution in [0.5, 0.6) is 0 Å². The standard InChI is InChI=1S/C17H31N5O/c1-14-21-16(23-22-14)11-7-13-20-17(18-2)19-12-6-10-15-8-4-3-5-9-15/h15H,3-13H2,1-2H3,(H2,18,19,20). The van der Waals surface area contributed by atoms with Gasteiger partial charge >= 0.3 is 0 Å². The highest BCUT2D eigenvalue weighted by molar-refractivity contribution is 5.79. The van der Waals surface area contributed by atoms with Crippen LogP contribution in [0.25, 0.3) is 0 Å². The smallest absolute Gasteiger partial charge is 0.226 e. The van der Waals surface area contributed by atoms with Crippen LogP contribution in [-0.2, 0) is 6.42 Å². The summed E-state index contributed by atoms with van der Waals surface area (Å²) in [5, 5.41) is 10.5. The van der Waals surface area contributed by atoms with Crippen molar-refractivity contribution in [3.05, 3.63) is 11.7 Å². The number of aromatic nitrogens is 2. The van der Waals surface area contributed by atoms with Crippen LogP contribution in [0.3, 0.4) is 0 Å². The maximum Gasteiger partial charge on any atom is 0.226 e. The molecule has 1 aromatic heterocycles. The van der Waals surface area contributed by atoms with Gasteiger partial charge in [0.05, 0.1) is 0 Å². The molecule has 0 saturated heterocycles. The maximum atomic E-state index is 5.10. The van der Waals surface area contributed by atoms with Crippen molar-refractivity contribution in [3.8, 4) is 0 Å². The van der Waals surface area contributed by atoms with Gasteiger partial charge in [-0.1, -0.05) is 37.3 Å². The minimum atomic E-state index is 0.698. The summed E-state index contributed by atoms with van der Waals surface area (Å²) < 4.78 is 5.10. The second-order valence-electron chi connectivity index (χ2n) is 6.41. The van der Waals surface area contributed by atoms with E-state index in [9.17, 15) is 0 Å². The molecule has 1 aliphatic carbocycles. The Morgan fingerprint density at radius 3 is 2.57 bits per heavy atom. The van der Waals surface area contributed by atoms with E-state index in [1.165, 1.54) is 44.9 Å². The Labute approximate surface area is 139 Å². The quantitative estimate of drug-likeness (QED) is 0.437. The van der Waals surface area contributed by atoms with Gasteiger partial charge in [-0.3, -0.25) is 4.99 Å². The fourth-order valence-corrected chi connectivity index (χ4v) is 3.18. The summed E-state index contributed by atoms with van der Waals surface area (Å²) >= 11 is 0. The lowest BCUT2D eigenvalue weighted by Crippen LogP contribution is -2.38. The number of hydrogen-bond acceptors (Lipinski definition) is 4. The molecule has 130 valence electrons. The van der Waals surface area contributed by atoms with Gasteiger partial charge in [0.15, 0.2) is 11.8 Å². The molecular weight excluding hydrogens is 290 g/mol. The number of aliphatic imine (C=N–C) groups is 1. The van der Waals surface area contributed by atoms with E-state index in [1.54, 1.807) is 0 Å². The van der Waals surface area contributed by atoms with Crippen molar-refractivity contribution in [1.29, 1.82) is 0 Å². The first kappa shape index (κ1) is 17.8. The number of nitrogens with zero attached hydrogens (tertiary/aromatic N) is 3. The van der Waals surface area contributed by atoms with Crippen LogP contribution < -0.4 is 10.6 Å². The second kappa shape index (κ2) is 10.2. The third-order valence-electron chi connectivity index (χ3n) is 4.46. The molecule has 1 heterocycles. The van der Waals surface area contributed by atoms with Crippen molar-refractivity contribution >= 4 is 5.96 Å². The SMILES string of the molecule is CN=C(NCCCc1nc(C)no1)NCCCC1CCCCC1. The Morgan fingerprint density at radius 1 is 1.17 bits per heavy atom. The lowest BCUT2D eigenvalue weighted by Gasteiger charge is -2.21. The predicted octanol–water partition coefficient (Wildman–Crippen LogP) is 2.84. The molecular formula is C17H31N5O. The Bertz CT molecular complexity index is 465. The van der Waals surface area contributed by atoms with Crippen molar-refractivity contribution in [2.24, 2.45) is 10.9 Å². The molecule has 6 nitrogen and oxygen atoms in total. The molecule has 23 heavy (non-hydrogen) atoms. The number of rotatable bonds is 8. The minimum absolute atomic E-state index is 0.698. The van der Waals surface area contributed by atoms with Gasteiger partial charge < -0.3 is 15.2 Å². The van der Waals surface area contributed by atoms with E-state index in [4.69, 9.17) is 4.52 Å². The van der Waals surface area contributed by atoms with Crippen molar-refractivity contribution in [1.82, 2.24) is 20.8 Å². The second-order valence-corrected chi connectivity index (χ2v) is 6.41. The number of nitrogens with one attached hydrogen (secondary N) is 2. The molecule has 0 bridgehead atoms. The first-order valence-corrected chi connectivity index (χ1v) is 9.01. The van der Waals surface area contributed by atoms with Gasteiger partial charge in [0.2, 0.25) is 5.89 Å². The number of guanidine groups is 1. The van der Waals surface area contributed by atoms with E-state index in [2.05, 4.69) is 25.8 Å². The first-order chi connectivity index (χ1) is 11.3. The maximum absolute atomic E-state index is 5.10. The highest BCUT2D eigenvalue weighted by Crippen LogP contribution is 2.26. The molecule has 6 heteroatoms. The summed E-state index contributed by atoms with van der Waals surface area (Å²) in [4.78, 5) is 8.47. The molecule has 1 aromatic rings. The molecule has 0 spiro atoms. The van der Waals surface area contributed by atoms with Crippen LogP contribution >= 0.6 is 0 Å². The molecule has 2 N–H and O–H groups in total. The average Bonchev–Trinajstić information content (AvgIpc) is 2.99. The van der Waals surface area contributed by atoms with Crippen molar-refractivity contribution in [2.75, 3.05) is 20.1 Å². The zero-order valence-electron chi connectivity index (χ0n) is 14.6. The largest absolute Gasteiger partial charge is 0.356 e. The van der Waals surface area contributed by atoms with Gasteiger partial charge in [-0.25, -0.2) is 0 Å². The Hall–Kier alpha value is -1.59. The Morgan fingerprint density at radius 2 is 1.91 bits per heavy atom. The van der Waals surface area contributed by atoms with Crippen molar-refractivity contribution in [3.63, 3.8) is 0 Å². The zero-order valence-corrected chi connectivity index (χ0v) is 14.6. The third-order valence-corrected chi connectivity index (χ3v) is 4.46. The molecule has 1 aliphatic rings. The fourth-order valence-electron chi connectivity index (χ4n) is 3.18. The number of hydrogen-bond donors (Lipinski definition) is 2. The van der Waals surface area contributed by atoms with E-state index in [1.807, 2.05) is 14.0 Å². The van der Waals surface area contributed by atoms with E-state index >= 15 is 0 Å². The van der Waals surface area contributed by atoms with Gasteiger partial charge in [0.1, 0.15) is 0 Å². The third kappa shape index (κ3) is 7.01. The summed E-state index contributed by atoms with van der Waals surface area (Å²) in [7, 11) is 1.82. The van der Waals surface area contributed by atoms with Crippen LogP contribution in [0.4, 0.5) is 0 Å². The topological polar surface area (TPSA) is 75.3 Å². The van der Waals surface area contributed by atoms with E-state index < -0.39 is 0 Å². The normalized spacial score (nSPS) is 16.5. The number of aryl methyl sites for hydroxylation is 2. The minimum Gasteiger partial charge on any atom is -0.356 e. The average molecular weight is 321 g/mol. The van der Waals surface area contributed by atoms with Crippen LogP contribution in [0, 0.1) is 12.8 Å². The zero-order chi connectivity index (χ0) is 16.3. The molecule has 1 fully saturated rings. The highest BCUT2D eigenvalue weighted by Gasteiger charge is 2.12. The van der Waals surface area contributed by atoms with Crippen LogP contribution in [-0.4, -0.2) is 36.2 Å². The molecule has 0 amide bonds. The van der Waals surface area contributed by atoms with Gasteiger partial charge in [0, 0.05) is 26.6 Å². The summed E-state index contributed by atoms with van der Waals surface area (Å²) in [5.74, 6) is 3.25. The summed E-state index contributed by atoms with van der Waals surface area (Å²) in [6.07, 6.45) is 11.5. The first-order valence-electron chi connectivity index (χ1n) is 9.01. The highest BCUT2D eigenvalue weighted by atomic mass is 16.5. The molecule has 0 unspecified atom stereocenters. The molecule has 0 atom stereocenters. The fraction of sp³-hybridized carbons (Fsp3) is 0.824. The summed E-state index contributed by atoms with van der Waals surface area (Å²) in [6.45, 7) is 3.69. The molecule has 2 rings (SSSR count). The van der Waals surface area contributed by atoms with Crippen LogP contribution in [0.2, 0.25) is 0 Å². The summed E-state index contributed by atoms with van der Waals surface area (Å²) in [5.41, 5.74) is 0. The van der Waals surface area contributed by atoms with Gasteiger partial charge in [-0.15, -0.1) is 0 Å². The monoisotopic (exact) mass is 321 g/mol. The molecule has 1 saturated carbocycles. The van der Waals surface area contributed by atoms with Gasteiger partial charge in [-0.2, -0.15) is 4.98 Å². The van der Waals surface area contributed by atoms with Crippen molar-refractivity contribution in [2.45, 2.75) is 64.7 Å². The summed E-state index contributed by atoms with van der Waals surface area (Å²) in [6, 6.07) is 0. The lowest BCUT2D eigenvalue weighted by molar-refractivity contribution is 0.332. The molecule has 0 aliphatic heterocycles. The predicted molar refractivity (Wildman–Crippen MR) is 92.5 cm³/mol. The molecule has 0 aromatic carbocycles. The Kier molecular flexibility index (Phi) is 7.90. The van der Waals surface area contributed by atoms with Crippen LogP contribution in [0.1, 0.15) is 63.1 Å². The van der Waals surface area contributed by atoms with Crippen molar-refractivity contribution < 1.29 is 4.52 Å². The van der Waals surface area contributed by atoms with E-state index in [0.29, 0.717) is 11.7 Å². The van der Waals surface area contributed by atoms with E-state index in [-0.39, 0.29) is 0 Å². The Balaban J connectivity index is 1.51. The molecule has 0 radical (unpaired) electrons.